The van der Waals surface area contributed by atoms with E-state index in [1.807, 2.05) is 6.92 Å². The van der Waals surface area contributed by atoms with E-state index in [9.17, 15) is 0 Å². The van der Waals surface area contributed by atoms with E-state index >= 15 is 0 Å². The van der Waals surface area contributed by atoms with Gasteiger partial charge < -0.3 is 10.1 Å². The number of anilines is 1. The number of hydrogen-bond donors (Lipinski definition) is 1. The van der Waals surface area contributed by atoms with E-state index in [-0.39, 0.29) is 0 Å². The van der Waals surface area contributed by atoms with Crippen LogP contribution in [0.1, 0.15) is 6.92 Å². The molecule has 0 fully saturated rings. The molecule has 18 heavy (non-hydrogen) atoms. The highest BCUT2D eigenvalue weighted by Gasteiger charge is 2.08. The van der Waals surface area contributed by atoms with Gasteiger partial charge in [-0.15, -0.1) is 0 Å². The van der Waals surface area contributed by atoms with Crippen LogP contribution in [0, 0.1) is 0 Å². The summed E-state index contributed by atoms with van der Waals surface area (Å²) in [5, 5.41) is 4.09. The van der Waals surface area contributed by atoms with Crippen molar-refractivity contribution in [1.82, 2.24) is 24.9 Å². The lowest BCUT2D eigenvalue weighted by Gasteiger charge is -2.05. The first kappa shape index (κ1) is 12.5. The largest absolute Gasteiger partial charge is 0.464 e. The van der Waals surface area contributed by atoms with Crippen LogP contribution in [0.15, 0.2) is 28.8 Å². The summed E-state index contributed by atoms with van der Waals surface area (Å²) in [5.74, 6) is 0.458. The van der Waals surface area contributed by atoms with Crippen molar-refractivity contribution in [2.24, 2.45) is 0 Å². The van der Waals surface area contributed by atoms with Crippen LogP contribution in [0.25, 0.3) is 0 Å². The highest BCUT2D eigenvalue weighted by Crippen LogP contribution is 2.23. The Kier molecular flexibility index (Phi) is 4.24. The molecule has 2 aromatic rings. The van der Waals surface area contributed by atoms with Crippen LogP contribution in [0.3, 0.4) is 0 Å². The van der Waals surface area contributed by atoms with E-state index in [1.165, 1.54) is 11.8 Å². The molecule has 0 amide bonds. The third kappa shape index (κ3) is 3.27. The average Bonchev–Trinajstić information content (AvgIpc) is 2.40. The Morgan fingerprint density at radius 3 is 2.83 bits per heavy atom. The first-order valence-electron chi connectivity index (χ1n) is 5.32. The summed E-state index contributed by atoms with van der Waals surface area (Å²) in [6.45, 7) is 2.38. The smallest absolute Gasteiger partial charge is 0.322 e. The van der Waals surface area contributed by atoms with Crippen molar-refractivity contribution < 1.29 is 4.74 Å². The summed E-state index contributed by atoms with van der Waals surface area (Å²) in [7, 11) is 1.74. The topological polar surface area (TPSA) is 85.7 Å². The quantitative estimate of drug-likeness (QED) is 0.863. The van der Waals surface area contributed by atoms with Gasteiger partial charge in [-0.3, -0.25) is 4.98 Å². The summed E-state index contributed by atoms with van der Waals surface area (Å²) in [5.41, 5.74) is 0. The zero-order chi connectivity index (χ0) is 12.8. The SMILES string of the molecule is CCOc1nc(NC)nc(Sc2cnccn2)n1. The summed E-state index contributed by atoms with van der Waals surface area (Å²) in [6, 6.07) is 0.295. The summed E-state index contributed by atoms with van der Waals surface area (Å²) in [6.07, 6.45) is 4.88. The van der Waals surface area contributed by atoms with Crippen LogP contribution >= 0.6 is 11.8 Å². The fourth-order valence-electron chi connectivity index (χ4n) is 1.12. The fraction of sp³-hybridized carbons (Fsp3) is 0.300. The molecular formula is C10H12N6OS. The normalized spacial score (nSPS) is 10.1. The third-order valence-corrected chi connectivity index (χ3v) is 2.61. The van der Waals surface area contributed by atoms with Crippen molar-refractivity contribution in [3.63, 3.8) is 0 Å². The van der Waals surface area contributed by atoms with Gasteiger partial charge in [0.25, 0.3) is 0 Å². The monoisotopic (exact) mass is 264 g/mol. The van der Waals surface area contributed by atoms with Crippen LogP contribution in [-0.4, -0.2) is 38.6 Å². The molecule has 0 atom stereocenters. The summed E-state index contributed by atoms with van der Waals surface area (Å²) < 4.78 is 5.28. The van der Waals surface area contributed by atoms with E-state index in [0.29, 0.717) is 28.7 Å². The molecule has 2 aromatic heterocycles. The minimum absolute atomic E-state index is 0.295. The Hall–Kier alpha value is -1.96. The zero-order valence-corrected chi connectivity index (χ0v) is 10.8. The number of ether oxygens (including phenoxy) is 1. The minimum Gasteiger partial charge on any atom is -0.464 e. The maximum Gasteiger partial charge on any atom is 0.322 e. The lowest BCUT2D eigenvalue weighted by atomic mass is 10.8. The van der Waals surface area contributed by atoms with E-state index in [1.54, 1.807) is 25.6 Å². The number of nitrogens with one attached hydrogen (secondary N) is 1. The molecule has 2 heterocycles. The minimum atomic E-state index is 0.295. The Balaban J connectivity index is 2.24. The van der Waals surface area contributed by atoms with E-state index in [2.05, 4.69) is 30.2 Å². The molecule has 0 aliphatic carbocycles. The van der Waals surface area contributed by atoms with Gasteiger partial charge in [-0.1, -0.05) is 0 Å². The average molecular weight is 264 g/mol. The van der Waals surface area contributed by atoms with Crippen molar-refractivity contribution in [2.75, 3.05) is 19.0 Å². The molecule has 0 spiro atoms. The lowest BCUT2D eigenvalue weighted by molar-refractivity contribution is 0.308. The van der Waals surface area contributed by atoms with Gasteiger partial charge in [0.05, 0.1) is 12.8 Å². The Labute approximate surface area is 108 Å². The van der Waals surface area contributed by atoms with Crippen molar-refractivity contribution >= 4 is 17.7 Å². The number of hydrogen-bond acceptors (Lipinski definition) is 8. The van der Waals surface area contributed by atoms with Gasteiger partial charge in [0, 0.05) is 19.4 Å². The van der Waals surface area contributed by atoms with Crippen molar-refractivity contribution in [3.05, 3.63) is 18.6 Å². The summed E-state index contributed by atoms with van der Waals surface area (Å²) >= 11 is 1.30. The van der Waals surface area contributed by atoms with Gasteiger partial charge in [-0.2, -0.15) is 15.0 Å². The molecular weight excluding hydrogens is 252 g/mol. The van der Waals surface area contributed by atoms with Crippen LogP contribution < -0.4 is 10.1 Å². The van der Waals surface area contributed by atoms with Gasteiger partial charge in [0.15, 0.2) is 0 Å². The highest BCUT2D eigenvalue weighted by molar-refractivity contribution is 7.99. The molecule has 0 aliphatic heterocycles. The molecule has 0 bridgehead atoms. The molecule has 0 unspecified atom stereocenters. The van der Waals surface area contributed by atoms with Gasteiger partial charge in [0.2, 0.25) is 11.1 Å². The van der Waals surface area contributed by atoms with Crippen molar-refractivity contribution in [2.45, 2.75) is 17.1 Å². The number of nitrogens with zero attached hydrogens (tertiary/aromatic N) is 5. The molecule has 1 N–H and O–H groups in total. The Bertz CT molecular complexity index is 509. The van der Waals surface area contributed by atoms with E-state index in [4.69, 9.17) is 4.74 Å². The predicted octanol–water partition coefficient (Wildman–Crippen LogP) is 1.25. The van der Waals surface area contributed by atoms with Crippen molar-refractivity contribution in [1.29, 1.82) is 0 Å². The van der Waals surface area contributed by atoms with Gasteiger partial charge in [0.1, 0.15) is 5.03 Å². The highest BCUT2D eigenvalue weighted by atomic mass is 32.2. The number of aromatic nitrogens is 5. The molecule has 0 radical (unpaired) electrons. The zero-order valence-electron chi connectivity index (χ0n) is 9.99. The maximum atomic E-state index is 5.28. The maximum absolute atomic E-state index is 5.28. The molecule has 2 rings (SSSR count). The second-order valence-electron chi connectivity index (χ2n) is 3.05. The Morgan fingerprint density at radius 2 is 2.17 bits per heavy atom. The van der Waals surface area contributed by atoms with E-state index in [0.717, 1.165) is 0 Å². The molecule has 0 aliphatic rings. The van der Waals surface area contributed by atoms with Crippen molar-refractivity contribution in [3.8, 4) is 6.01 Å². The molecule has 0 saturated heterocycles. The Morgan fingerprint density at radius 1 is 1.28 bits per heavy atom. The van der Waals surface area contributed by atoms with Crippen LogP contribution in [0.4, 0.5) is 5.95 Å². The first-order valence-corrected chi connectivity index (χ1v) is 6.14. The van der Waals surface area contributed by atoms with Gasteiger partial charge >= 0.3 is 6.01 Å². The van der Waals surface area contributed by atoms with E-state index < -0.39 is 0 Å². The van der Waals surface area contributed by atoms with Gasteiger partial charge in [-0.05, 0) is 18.7 Å². The molecule has 7 nitrogen and oxygen atoms in total. The first-order chi connectivity index (χ1) is 8.81. The number of rotatable bonds is 5. The van der Waals surface area contributed by atoms with Gasteiger partial charge in [-0.25, -0.2) is 4.98 Å². The lowest BCUT2D eigenvalue weighted by Crippen LogP contribution is -2.04. The summed E-state index contributed by atoms with van der Waals surface area (Å²) in [4.78, 5) is 20.6. The third-order valence-electron chi connectivity index (χ3n) is 1.83. The van der Waals surface area contributed by atoms with Crippen LogP contribution in [0.5, 0.6) is 6.01 Å². The standard InChI is InChI=1S/C10H12N6OS/c1-3-17-9-14-8(11-2)15-10(16-9)18-7-6-12-4-5-13-7/h4-6H,3H2,1-2H3,(H,11,14,15,16). The van der Waals surface area contributed by atoms with Crippen LogP contribution in [0.2, 0.25) is 0 Å². The predicted molar refractivity (Wildman–Crippen MR) is 66.7 cm³/mol. The molecule has 0 aromatic carbocycles. The fourth-order valence-corrected chi connectivity index (χ4v) is 1.79. The second kappa shape index (κ2) is 6.10. The second-order valence-corrected chi connectivity index (χ2v) is 4.04. The van der Waals surface area contributed by atoms with Crippen LogP contribution in [-0.2, 0) is 0 Å². The molecule has 8 heteroatoms. The molecule has 0 saturated carbocycles. The molecule has 94 valence electrons.